The first kappa shape index (κ1) is 16.2. The van der Waals surface area contributed by atoms with Gasteiger partial charge in [0.15, 0.2) is 0 Å². The number of aromatic nitrogens is 1. The van der Waals surface area contributed by atoms with Crippen molar-refractivity contribution < 1.29 is 4.79 Å². The fraction of sp³-hybridized carbons (Fsp3) is 0.750. The summed E-state index contributed by atoms with van der Waals surface area (Å²) in [6.07, 6.45) is 13.7. The van der Waals surface area contributed by atoms with Crippen molar-refractivity contribution in [2.24, 2.45) is 5.92 Å². The topological polar surface area (TPSA) is 28.5 Å². The zero-order valence-corrected chi connectivity index (χ0v) is 14.9. The average Bonchev–Trinajstić information content (AvgIpc) is 3.35. The molecule has 2 saturated heterocycles. The smallest absolute Gasteiger partial charge is 0.225 e. The highest BCUT2D eigenvalue weighted by Crippen LogP contribution is 2.36. The summed E-state index contributed by atoms with van der Waals surface area (Å²) >= 11 is 0. The van der Waals surface area contributed by atoms with Gasteiger partial charge >= 0.3 is 0 Å². The van der Waals surface area contributed by atoms with Crippen molar-refractivity contribution in [3.63, 3.8) is 0 Å². The van der Waals surface area contributed by atoms with E-state index in [9.17, 15) is 4.79 Å². The molecule has 3 aliphatic rings. The van der Waals surface area contributed by atoms with E-state index in [1.807, 2.05) is 0 Å². The van der Waals surface area contributed by atoms with Crippen LogP contribution in [0.5, 0.6) is 0 Å². The molecule has 2 atom stereocenters. The van der Waals surface area contributed by atoms with Crippen LogP contribution in [0.4, 0.5) is 0 Å². The summed E-state index contributed by atoms with van der Waals surface area (Å²) in [5.41, 5.74) is 0. The Morgan fingerprint density at radius 3 is 2.21 bits per heavy atom. The van der Waals surface area contributed by atoms with Crippen molar-refractivity contribution in [2.45, 2.75) is 69.5 Å². The molecule has 0 spiro atoms. The van der Waals surface area contributed by atoms with Crippen LogP contribution in [0.25, 0.3) is 0 Å². The van der Waals surface area contributed by atoms with Gasteiger partial charge < -0.3 is 14.4 Å². The molecular formula is C20H31N3O. The minimum atomic E-state index is 0.268. The molecule has 1 aromatic rings. The molecule has 0 N–H and O–H groups in total. The minimum Gasteiger partial charge on any atom is -0.351 e. The number of likely N-dealkylation sites (N-methyl/N-ethyl adjacent to an activating group) is 1. The van der Waals surface area contributed by atoms with E-state index in [1.165, 1.54) is 32.2 Å². The van der Waals surface area contributed by atoms with Crippen LogP contribution in [-0.4, -0.2) is 52.5 Å². The quantitative estimate of drug-likeness (QED) is 0.851. The standard InChI is InChI=1S/C20H31N3O/c1-21-12-4-6-18(21)19-7-5-15-23(19)20(24)16-8-10-17(11-9-16)22-13-2-3-14-22/h2-3,13-14,16-19H,4-12,15H2,1H3/t16?,17?,18-,19+/m1/s1. The third-order valence-corrected chi connectivity index (χ3v) is 6.70. The summed E-state index contributed by atoms with van der Waals surface area (Å²) in [7, 11) is 2.24. The SMILES string of the molecule is CN1CCC[C@@H]1[C@@H]1CCCN1C(=O)C1CCC(n2cccc2)CC1. The Bertz CT molecular complexity index is 547. The molecule has 1 saturated carbocycles. The lowest BCUT2D eigenvalue weighted by molar-refractivity contribution is -0.138. The number of nitrogens with zero attached hydrogens (tertiary/aromatic N) is 3. The fourth-order valence-electron chi connectivity index (χ4n) is 5.34. The predicted octanol–water partition coefficient (Wildman–Crippen LogP) is 3.30. The summed E-state index contributed by atoms with van der Waals surface area (Å²) in [4.78, 5) is 17.9. The van der Waals surface area contributed by atoms with Crippen LogP contribution in [0.1, 0.15) is 57.4 Å². The zero-order valence-electron chi connectivity index (χ0n) is 14.9. The number of carbonyl (C=O) groups excluding carboxylic acids is 1. The Balaban J connectivity index is 1.37. The minimum absolute atomic E-state index is 0.268. The van der Waals surface area contributed by atoms with Crippen molar-refractivity contribution >= 4 is 5.91 Å². The highest BCUT2D eigenvalue weighted by atomic mass is 16.2. The lowest BCUT2D eigenvalue weighted by Gasteiger charge is -2.37. The lowest BCUT2D eigenvalue weighted by atomic mass is 9.84. The van der Waals surface area contributed by atoms with Crippen molar-refractivity contribution in [1.82, 2.24) is 14.4 Å². The Morgan fingerprint density at radius 2 is 1.54 bits per heavy atom. The van der Waals surface area contributed by atoms with E-state index in [0.29, 0.717) is 24.0 Å². The van der Waals surface area contributed by atoms with E-state index in [0.717, 1.165) is 32.2 Å². The molecule has 0 radical (unpaired) electrons. The predicted molar refractivity (Wildman–Crippen MR) is 95.8 cm³/mol. The maximum atomic E-state index is 13.2. The summed E-state index contributed by atoms with van der Waals surface area (Å²) in [6.45, 7) is 2.19. The van der Waals surface area contributed by atoms with Crippen molar-refractivity contribution in [3.05, 3.63) is 24.5 Å². The third-order valence-electron chi connectivity index (χ3n) is 6.70. The van der Waals surface area contributed by atoms with Crippen LogP contribution in [0.15, 0.2) is 24.5 Å². The van der Waals surface area contributed by atoms with E-state index in [1.54, 1.807) is 0 Å². The van der Waals surface area contributed by atoms with Crippen molar-refractivity contribution in [2.75, 3.05) is 20.1 Å². The molecule has 0 aromatic carbocycles. The van der Waals surface area contributed by atoms with Gasteiger partial charge in [-0.25, -0.2) is 0 Å². The third kappa shape index (κ3) is 3.01. The summed E-state index contributed by atoms with van der Waals surface area (Å²) in [6, 6.07) is 5.88. The summed E-state index contributed by atoms with van der Waals surface area (Å²) in [5.74, 6) is 0.730. The van der Waals surface area contributed by atoms with Gasteiger partial charge in [-0.05, 0) is 77.1 Å². The summed E-state index contributed by atoms with van der Waals surface area (Å²) < 4.78 is 2.33. The number of hydrogen-bond acceptors (Lipinski definition) is 2. The molecule has 0 bridgehead atoms. The van der Waals surface area contributed by atoms with Gasteiger partial charge in [0.25, 0.3) is 0 Å². The van der Waals surface area contributed by atoms with Crippen LogP contribution >= 0.6 is 0 Å². The first-order chi connectivity index (χ1) is 11.7. The largest absolute Gasteiger partial charge is 0.351 e. The highest BCUT2D eigenvalue weighted by Gasteiger charge is 2.40. The first-order valence-corrected chi connectivity index (χ1v) is 9.87. The Labute approximate surface area is 145 Å². The molecule has 1 aliphatic carbocycles. The number of carbonyl (C=O) groups is 1. The highest BCUT2D eigenvalue weighted by molar-refractivity contribution is 5.79. The van der Waals surface area contributed by atoms with E-state index < -0.39 is 0 Å². The second-order valence-corrected chi connectivity index (χ2v) is 8.07. The van der Waals surface area contributed by atoms with Gasteiger partial charge in [-0.15, -0.1) is 0 Å². The second kappa shape index (κ2) is 6.91. The van der Waals surface area contributed by atoms with Gasteiger partial charge in [0, 0.05) is 43.0 Å². The maximum absolute atomic E-state index is 13.2. The Hall–Kier alpha value is -1.29. The molecule has 1 amide bonds. The molecule has 3 heterocycles. The molecule has 0 unspecified atom stereocenters. The van der Waals surface area contributed by atoms with Gasteiger partial charge in [-0.1, -0.05) is 0 Å². The van der Waals surface area contributed by atoms with Crippen LogP contribution < -0.4 is 0 Å². The average molecular weight is 329 g/mol. The number of rotatable bonds is 3. The molecule has 4 nitrogen and oxygen atoms in total. The number of amides is 1. The Kier molecular flexibility index (Phi) is 4.66. The van der Waals surface area contributed by atoms with Gasteiger partial charge in [-0.2, -0.15) is 0 Å². The normalized spacial score (nSPS) is 34.8. The second-order valence-electron chi connectivity index (χ2n) is 8.07. The monoisotopic (exact) mass is 329 g/mol. The van der Waals surface area contributed by atoms with Crippen LogP contribution in [0, 0.1) is 5.92 Å². The molecule has 2 aliphatic heterocycles. The Morgan fingerprint density at radius 1 is 0.875 bits per heavy atom. The first-order valence-electron chi connectivity index (χ1n) is 9.87. The van der Waals surface area contributed by atoms with E-state index in [-0.39, 0.29) is 5.92 Å². The molecule has 4 heteroatoms. The van der Waals surface area contributed by atoms with Gasteiger partial charge in [-0.3, -0.25) is 4.79 Å². The molecule has 132 valence electrons. The number of hydrogen-bond donors (Lipinski definition) is 0. The zero-order chi connectivity index (χ0) is 16.5. The maximum Gasteiger partial charge on any atom is 0.225 e. The lowest BCUT2D eigenvalue weighted by Crippen LogP contribution is -2.49. The van der Waals surface area contributed by atoms with E-state index in [2.05, 4.69) is 45.9 Å². The molecular weight excluding hydrogens is 298 g/mol. The van der Waals surface area contributed by atoms with Gasteiger partial charge in [0.2, 0.25) is 5.91 Å². The summed E-state index contributed by atoms with van der Waals surface area (Å²) in [5, 5.41) is 0. The number of likely N-dealkylation sites (tertiary alicyclic amines) is 2. The molecule has 4 rings (SSSR count). The fourth-order valence-corrected chi connectivity index (χ4v) is 5.34. The van der Waals surface area contributed by atoms with Gasteiger partial charge in [0.1, 0.15) is 0 Å². The van der Waals surface area contributed by atoms with Crippen LogP contribution in [0.2, 0.25) is 0 Å². The van der Waals surface area contributed by atoms with Crippen molar-refractivity contribution in [1.29, 1.82) is 0 Å². The van der Waals surface area contributed by atoms with E-state index in [4.69, 9.17) is 0 Å². The van der Waals surface area contributed by atoms with Gasteiger partial charge in [0.05, 0.1) is 0 Å². The van der Waals surface area contributed by atoms with E-state index >= 15 is 0 Å². The van der Waals surface area contributed by atoms with Crippen LogP contribution in [-0.2, 0) is 4.79 Å². The molecule has 1 aromatic heterocycles. The molecule has 24 heavy (non-hydrogen) atoms. The van der Waals surface area contributed by atoms with Crippen molar-refractivity contribution in [3.8, 4) is 0 Å². The van der Waals surface area contributed by atoms with Crippen LogP contribution in [0.3, 0.4) is 0 Å². The molecule has 3 fully saturated rings.